The molecule has 0 atom stereocenters. The summed E-state index contributed by atoms with van der Waals surface area (Å²) in [6.07, 6.45) is 2.47. The summed E-state index contributed by atoms with van der Waals surface area (Å²) in [5.41, 5.74) is 0.491. The van der Waals surface area contributed by atoms with Gasteiger partial charge in [-0.1, -0.05) is 18.5 Å². The minimum atomic E-state index is -0.428. The van der Waals surface area contributed by atoms with Crippen LogP contribution in [0.3, 0.4) is 0 Å². The smallest absolute Gasteiger partial charge is 0.325 e. The molecule has 0 N–H and O–H groups in total. The predicted molar refractivity (Wildman–Crippen MR) is 73.3 cm³/mol. The molecule has 6 heteroatoms. The van der Waals surface area contributed by atoms with Gasteiger partial charge in [0, 0.05) is 19.3 Å². The van der Waals surface area contributed by atoms with E-state index < -0.39 is 5.97 Å². The van der Waals surface area contributed by atoms with Gasteiger partial charge in [-0.15, -0.1) is 0 Å². The molecular formula is C13H19ClN2O3. The molecule has 1 heterocycles. The molecule has 0 saturated carbocycles. The summed E-state index contributed by atoms with van der Waals surface area (Å²) in [6, 6.07) is 1.62. The van der Waals surface area contributed by atoms with Crippen molar-refractivity contribution in [3.63, 3.8) is 0 Å². The van der Waals surface area contributed by atoms with E-state index in [9.17, 15) is 9.59 Å². The van der Waals surface area contributed by atoms with Crippen molar-refractivity contribution in [1.29, 1.82) is 0 Å². The molecule has 19 heavy (non-hydrogen) atoms. The van der Waals surface area contributed by atoms with Crippen LogP contribution in [-0.4, -0.2) is 41.5 Å². The number of carbonyl (C=O) groups is 2. The van der Waals surface area contributed by atoms with Gasteiger partial charge >= 0.3 is 5.97 Å². The highest BCUT2D eigenvalue weighted by Gasteiger charge is 2.21. The Hall–Kier alpha value is -1.49. The molecule has 1 rings (SSSR count). The lowest BCUT2D eigenvalue weighted by molar-refractivity contribution is -0.141. The Morgan fingerprint density at radius 2 is 2.11 bits per heavy atom. The standard InChI is InChI=1S/C13H19ClN2O3/c1-4-6-16(9-12(17)19-3)13(18)11-7-10(14)8-15(11)5-2/h7-8H,4-6,9H2,1-3H3. The molecule has 0 bridgehead atoms. The summed E-state index contributed by atoms with van der Waals surface area (Å²) in [7, 11) is 1.31. The Bertz CT molecular complexity index is 457. The maximum absolute atomic E-state index is 12.4. The molecule has 106 valence electrons. The fourth-order valence-corrected chi connectivity index (χ4v) is 2.04. The number of hydrogen-bond donors (Lipinski definition) is 0. The van der Waals surface area contributed by atoms with Crippen LogP contribution in [0.25, 0.3) is 0 Å². The lowest BCUT2D eigenvalue weighted by Gasteiger charge is -2.21. The van der Waals surface area contributed by atoms with Gasteiger partial charge in [0.25, 0.3) is 5.91 Å². The van der Waals surface area contributed by atoms with Crippen molar-refractivity contribution in [3.05, 3.63) is 23.0 Å². The summed E-state index contributed by atoms with van der Waals surface area (Å²) in [5.74, 6) is -0.636. The topological polar surface area (TPSA) is 51.5 Å². The zero-order valence-electron chi connectivity index (χ0n) is 11.5. The van der Waals surface area contributed by atoms with Crippen LogP contribution in [0.5, 0.6) is 0 Å². The second-order valence-electron chi connectivity index (χ2n) is 4.13. The molecule has 5 nitrogen and oxygen atoms in total. The van der Waals surface area contributed by atoms with E-state index >= 15 is 0 Å². The SMILES string of the molecule is CCCN(CC(=O)OC)C(=O)c1cc(Cl)cn1CC. The molecule has 1 aromatic heterocycles. The average Bonchev–Trinajstić information content (AvgIpc) is 2.78. The van der Waals surface area contributed by atoms with E-state index in [4.69, 9.17) is 11.6 Å². The van der Waals surface area contributed by atoms with Crippen molar-refractivity contribution >= 4 is 23.5 Å². The van der Waals surface area contributed by atoms with Crippen LogP contribution < -0.4 is 0 Å². The Morgan fingerprint density at radius 3 is 2.63 bits per heavy atom. The Labute approximate surface area is 118 Å². The highest BCUT2D eigenvalue weighted by molar-refractivity contribution is 6.31. The average molecular weight is 287 g/mol. The van der Waals surface area contributed by atoms with Crippen LogP contribution in [0.1, 0.15) is 30.8 Å². The van der Waals surface area contributed by atoms with E-state index in [1.165, 1.54) is 12.0 Å². The fraction of sp³-hybridized carbons (Fsp3) is 0.538. The number of aromatic nitrogens is 1. The van der Waals surface area contributed by atoms with Crippen LogP contribution in [0, 0.1) is 0 Å². The quantitative estimate of drug-likeness (QED) is 0.753. The third-order valence-corrected chi connectivity index (χ3v) is 2.96. The highest BCUT2D eigenvalue weighted by atomic mass is 35.5. The highest BCUT2D eigenvalue weighted by Crippen LogP contribution is 2.16. The molecule has 0 aromatic carbocycles. The second-order valence-corrected chi connectivity index (χ2v) is 4.57. The molecule has 0 unspecified atom stereocenters. The number of amides is 1. The third-order valence-electron chi connectivity index (χ3n) is 2.75. The number of nitrogens with zero attached hydrogens (tertiary/aromatic N) is 2. The minimum Gasteiger partial charge on any atom is -0.468 e. The first-order valence-electron chi connectivity index (χ1n) is 6.25. The van der Waals surface area contributed by atoms with E-state index in [0.717, 1.165) is 6.42 Å². The summed E-state index contributed by atoms with van der Waals surface area (Å²) in [6.45, 7) is 4.98. The van der Waals surface area contributed by atoms with Crippen molar-refractivity contribution in [2.75, 3.05) is 20.2 Å². The van der Waals surface area contributed by atoms with E-state index in [1.54, 1.807) is 16.8 Å². The Balaban J connectivity index is 2.94. The molecule has 0 spiro atoms. The molecule has 0 aliphatic carbocycles. The third kappa shape index (κ3) is 3.99. The molecule has 0 saturated heterocycles. The predicted octanol–water partition coefficient (Wildman–Crippen LogP) is 2.19. The number of carbonyl (C=O) groups excluding carboxylic acids is 2. The Morgan fingerprint density at radius 1 is 1.42 bits per heavy atom. The number of ether oxygens (including phenoxy) is 1. The minimum absolute atomic E-state index is 0.0459. The van der Waals surface area contributed by atoms with Gasteiger partial charge in [0.1, 0.15) is 12.2 Å². The number of hydrogen-bond acceptors (Lipinski definition) is 3. The number of halogens is 1. The molecule has 0 radical (unpaired) electrons. The normalized spacial score (nSPS) is 10.3. The molecular weight excluding hydrogens is 268 g/mol. The van der Waals surface area contributed by atoms with Gasteiger partial charge in [0.05, 0.1) is 12.1 Å². The van der Waals surface area contributed by atoms with Gasteiger partial charge in [-0.3, -0.25) is 9.59 Å². The largest absolute Gasteiger partial charge is 0.468 e. The van der Waals surface area contributed by atoms with Gasteiger partial charge in [-0.05, 0) is 19.4 Å². The van der Waals surface area contributed by atoms with Crippen LogP contribution in [0.4, 0.5) is 0 Å². The summed E-state index contributed by atoms with van der Waals surface area (Å²) < 4.78 is 6.38. The maximum Gasteiger partial charge on any atom is 0.325 e. The molecule has 1 amide bonds. The lowest BCUT2D eigenvalue weighted by Crippen LogP contribution is -2.37. The first-order valence-corrected chi connectivity index (χ1v) is 6.63. The molecule has 0 fully saturated rings. The van der Waals surface area contributed by atoms with Crippen LogP contribution in [0.15, 0.2) is 12.3 Å². The number of aryl methyl sites for hydroxylation is 1. The van der Waals surface area contributed by atoms with Crippen molar-refractivity contribution in [2.45, 2.75) is 26.8 Å². The monoisotopic (exact) mass is 286 g/mol. The maximum atomic E-state index is 12.4. The second kappa shape index (κ2) is 7.19. The zero-order chi connectivity index (χ0) is 14.4. The van der Waals surface area contributed by atoms with E-state index in [2.05, 4.69) is 4.74 Å². The van der Waals surface area contributed by atoms with Crippen molar-refractivity contribution in [1.82, 2.24) is 9.47 Å². The number of esters is 1. The summed E-state index contributed by atoms with van der Waals surface area (Å²) >= 11 is 5.92. The van der Waals surface area contributed by atoms with Gasteiger partial charge in [-0.2, -0.15) is 0 Å². The fourth-order valence-electron chi connectivity index (χ4n) is 1.82. The van der Waals surface area contributed by atoms with Crippen molar-refractivity contribution < 1.29 is 14.3 Å². The van der Waals surface area contributed by atoms with Crippen molar-refractivity contribution in [3.8, 4) is 0 Å². The first kappa shape index (κ1) is 15.6. The van der Waals surface area contributed by atoms with E-state index in [0.29, 0.717) is 23.8 Å². The van der Waals surface area contributed by atoms with Crippen LogP contribution in [0.2, 0.25) is 5.02 Å². The zero-order valence-corrected chi connectivity index (χ0v) is 12.2. The number of rotatable bonds is 6. The first-order chi connectivity index (χ1) is 9.03. The van der Waals surface area contributed by atoms with E-state index in [-0.39, 0.29) is 12.5 Å². The van der Waals surface area contributed by atoms with Gasteiger partial charge in [-0.25, -0.2) is 0 Å². The van der Waals surface area contributed by atoms with E-state index in [1.807, 2.05) is 13.8 Å². The number of methoxy groups -OCH3 is 1. The summed E-state index contributed by atoms with van der Waals surface area (Å²) in [5, 5.41) is 0.514. The van der Waals surface area contributed by atoms with Crippen LogP contribution >= 0.6 is 11.6 Å². The molecule has 0 aliphatic rings. The molecule has 0 aliphatic heterocycles. The van der Waals surface area contributed by atoms with Gasteiger partial charge in [0.2, 0.25) is 0 Å². The van der Waals surface area contributed by atoms with Gasteiger partial charge in [0.15, 0.2) is 0 Å². The lowest BCUT2D eigenvalue weighted by atomic mass is 10.3. The van der Waals surface area contributed by atoms with Gasteiger partial charge < -0.3 is 14.2 Å². The van der Waals surface area contributed by atoms with Crippen molar-refractivity contribution in [2.24, 2.45) is 0 Å². The summed E-state index contributed by atoms with van der Waals surface area (Å²) in [4.78, 5) is 25.2. The van der Waals surface area contributed by atoms with Crippen LogP contribution in [-0.2, 0) is 16.1 Å². The molecule has 1 aromatic rings. The Kier molecular flexibility index (Phi) is 5.89.